The molecule has 0 bridgehead atoms. The van der Waals surface area contributed by atoms with Crippen molar-refractivity contribution in [2.24, 2.45) is 5.92 Å². The Morgan fingerprint density at radius 3 is 2.78 bits per heavy atom. The molecular weight excluding hydrogens is 291 g/mol. The van der Waals surface area contributed by atoms with Crippen molar-refractivity contribution in [1.29, 1.82) is 0 Å². The summed E-state index contributed by atoms with van der Waals surface area (Å²) in [6.07, 6.45) is 1.28. The van der Waals surface area contributed by atoms with Crippen molar-refractivity contribution in [2.45, 2.75) is 13.0 Å². The maximum absolute atomic E-state index is 6.02. The van der Waals surface area contributed by atoms with Crippen molar-refractivity contribution in [2.75, 3.05) is 26.7 Å². The first kappa shape index (κ1) is 16.1. The molecule has 1 saturated heterocycles. The van der Waals surface area contributed by atoms with Crippen LogP contribution in [0.3, 0.4) is 0 Å². The van der Waals surface area contributed by atoms with Crippen LogP contribution in [0.2, 0.25) is 10.0 Å². The van der Waals surface area contributed by atoms with Gasteiger partial charge in [0.1, 0.15) is 0 Å². The average Bonchev–Trinajstić information content (AvgIpc) is 2.72. The van der Waals surface area contributed by atoms with E-state index in [1.807, 2.05) is 19.2 Å². The third-order valence-corrected chi connectivity index (χ3v) is 3.99. The molecule has 5 heteroatoms. The van der Waals surface area contributed by atoms with Gasteiger partial charge in [0.2, 0.25) is 0 Å². The largest absolute Gasteiger partial charge is 0.319 e. The molecule has 102 valence electrons. The van der Waals surface area contributed by atoms with Crippen LogP contribution in [0.1, 0.15) is 12.0 Å². The van der Waals surface area contributed by atoms with Crippen LogP contribution < -0.4 is 5.32 Å². The highest BCUT2D eigenvalue weighted by Gasteiger charge is 2.21. The van der Waals surface area contributed by atoms with Crippen molar-refractivity contribution in [3.63, 3.8) is 0 Å². The summed E-state index contributed by atoms with van der Waals surface area (Å²) in [6.45, 7) is 4.42. The zero-order valence-corrected chi connectivity index (χ0v) is 12.8. The highest BCUT2D eigenvalue weighted by atomic mass is 35.5. The predicted octanol–water partition coefficient (Wildman–Crippen LogP) is 3.46. The predicted molar refractivity (Wildman–Crippen MR) is 81.0 cm³/mol. The summed E-state index contributed by atoms with van der Waals surface area (Å²) < 4.78 is 0. The van der Waals surface area contributed by atoms with Gasteiger partial charge >= 0.3 is 0 Å². The second kappa shape index (κ2) is 7.56. The Balaban J connectivity index is 0.00000162. The van der Waals surface area contributed by atoms with Gasteiger partial charge in [0, 0.05) is 13.1 Å². The Morgan fingerprint density at radius 1 is 1.33 bits per heavy atom. The lowest BCUT2D eigenvalue weighted by Gasteiger charge is -2.16. The van der Waals surface area contributed by atoms with Crippen molar-refractivity contribution >= 4 is 35.6 Å². The maximum atomic E-state index is 6.02. The van der Waals surface area contributed by atoms with Crippen LogP contribution in [0.15, 0.2) is 18.2 Å². The highest BCUT2D eigenvalue weighted by Crippen LogP contribution is 2.24. The molecule has 0 aromatic heterocycles. The summed E-state index contributed by atoms with van der Waals surface area (Å²) in [5, 5.41) is 4.52. The fourth-order valence-corrected chi connectivity index (χ4v) is 2.73. The molecule has 1 unspecified atom stereocenters. The minimum Gasteiger partial charge on any atom is -0.319 e. The molecule has 0 aliphatic carbocycles. The maximum Gasteiger partial charge on any atom is 0.0595 e. The fourth-order valence-electron chi connectivity index (χ4n) is 2.41. The molecule has 2 rings (SSSR count). The van der Waals surface area contributed by atoms with E-state index < -0.39 is 0 Å². The molecule has 1 aliphatic heterocycles. The smallest absolute Gasteiger partial charge is 0.0595 e. The van der Waals surface area contributed by atoms with Gasteiger partial charge in [0.25, 0.3) is 0 Å². The van der Waals surface area contributed by atoms with E-state index in [0.717, 1.165) is 19.0 Å². The van der Waals surface area contributed by atoms with Gasteiger partial charge in [0.05, 0.1) is 10.0 Å². The van der Waals surface area contributed by atoms with Crippen LogP contribution in [-0.2, 0) is 6.54 Å². The Hall–Kier alpha value is 0.01000. The zero-order valence-electron chi connectivity index (χ0n) is 10.5. The first-order valence-electron chi connectivity index (χ1n) is 6.00. The van der Waals surface area contributed by atoms with Crippen LogP contribution in [0.25, 0.3) is 0 Å². The minimum atomic E-state index is 0. The Kier molecular flexibility index (Phi) is 6.75. The van der Waals surface area contributed by atoms with Crippen LogP contribution in [0.5, 0.6) is 0 Å². The number of benzene rings is 1. The van der Waals surface area contributed by atoms with Gasteiger partial charge in [-0.2, -0.15) is 0 Å². The van der Waals surface area contributed by atoms with E-state index in [-0.39, 0.29) is 12.4 Å². The molecule has 18 heavy (non-hydrogen) atoms. The van der Waals surface area contributed by atoms with Gasteiger partial charge in [-0.15, -0.1) is 12.4 Å². The quantitative estimate of drug-likeness (QED) is 0.916. The first-order valence-corrected chi connectivity index (χ1v) is 6.75. The van der Waals surface area contributed by atoms with E-state index in [4.69, 9.17) is 23.2 Å². The van der Waals surface area contributed by atoms with Gasteiger partial charge in [-0.3, -0.25) is 4.90 Å². The zero-order chi connectivity index (χ0) is 12.3. The number of rotatable bonds is 4. The van der Waals surface area contributed by atoms with Crippen molar-refractivity contribution < 1.29 is 0 Å². The molecule has 0 radical (unpaired) electrons. The standard InChI is InChI=1S/C13H18Cl2N2.ClH/c1-16-7-11-4-5-17(9-11)8-10-2-3-12(14)13(15)6-10;/h2-3,6,11,16H,4-5,7-9H2,1H3;1H. The number of nitrogens with one attached hydrogen (secondary N) is 1. The summed E-state index contributed by atoms with van der Waals surface area (Å²) >= 11 is 11.9. The molecule has 0 saturated carbocycles. The molecule has 1 aromatic carbocycles. The normalized spacial score (nSPS) is 19.8. The molecule has 0 amide bonds. The molecule has 2 nitrogen and oxygen atoms in total. The second-order valence-corrected chi connectivity index (χ2v) is 5.51. The Labute approximate surface area is 125 Å². The summed E-state index contributed by atoms with van der Waals surface area (Å²) in [7, 11) is 2.02. The Bertz CT molecular complexity index is 384. The van der Waals surface area contributed by atoms with Crippen molar-refractivity contribution in [3.8, 4) is 0 Å². The van der Waals surface area contributed by atoms with E-state index >= 15 is 0 Å². The molecule has 1 aliphatic rings. The van der Waals surface area contributed by atoms with Crippen LogP contribution in [0.4, 0.5) is 0 Å². The minimum absolute atomic E-state index is 0. The lowest BCUT2D eigenvalue weighted by atomic mass is 10.1. The number of hydrogen-bond donors (Lipinski definition) is 1. The molecule has 1 atom stereocenters. The highest BCUT2D eigenvalue weighted by molar-refractivity contribution is 6.42. The van der Waals surface area contributed by atoms with Gasteiger partial charge in [-0.1, -0.05) is 29.3 Å². The van der Waals surface area contributed by atoms with Crippen LogP contribution in [-0.4, -0.2) is 31.6 Å². The van der Waals surface area contributed by atoms with Gasteiger partial charge in [-0.25, -0.2) is 0 Å². The monoisotopic (exact) mass is 308 g/mol. The van der Waals surface area contributed by atoms with Crippen molar-refractivity contribution in [1.82, 2.24) is 10.2 Å². The van der Waals surface area contributed by atoms with E-state index in [1.54, 1.807) is 0 Å². The molecule has 1 heterocycles. The van der Waals surface area contributed by atoms with E-state index in [2.05, 4.69) is 16.3 Å². The number of nitrogens with zero attached hydrogens (tertiary/aromatic N) is 1. The molecule has 1 N–H and O–H groups in total. The van der Waals surface area contributed by atoms with Gasteiger partial charge in [0.15, 0.2) is 0 Å². The van der Waals surface area contributed by atoms with E-state index in [1.165, 1.54) is 25.1 Å². The first-order chi connectivity index (χ1) is 8.19. The lowest BCUT2D eigenvalue weighted by Crippen LogP contribution is -2.24. The average molecular weight is 310 g/mol. The SMILES string of the molecule is CNCC1CCN(Cc2ccc(Cl)c(Cl)c2)C1.Cl. The number of likely N-dealkylation sites (tertiary alicyclic amines) is 1. The topological polar surface area (TPSA) is 15.3 Å². The summed E-state index contributed by atoms with van der Waals surface area (Å²) in [5.74, 6) is 0.780. The summed E-state index contributed by atoms with van der Waals surface area (Å²) in [4.78, 5) is 2.47. The third-order valence-electron chi connectivity index (χ3n) is 3.25. The summed E-state index contributed by atoms with van der Waals surface area (Å²) in [6, 6.07) is 5.90. The number of halogens is 3. The van der Waals surface area contributed by atoms with Gasteiger partial charge < -0.3 is 5.32 Å². The lowest BCUT2D eigenvalue weighted by molar-refractivity contribution is 0.315. The second-order valence-electron chi connectivity index (χ2n) is 4.70. The number of hydrogen-bond acceptors (Lipinski definition) is 2. The summed E-state index contributed by atoms with van der Waals surface area (Å²) in [5.41, 5.74) is 1.24. The Morgan fingerprint density at radius 2 is 2.11 bits per heavy atom. The van der Waals surface area contributed by atoms with Crippen LogP contribution in [0, 0.1) is 5.92 Å². The fraction of sp³-hybridized carbons (Fsp3) is 0.538. The molecular formula is C13H19Cl3N2. The van der Waals surface area contributed by atoms with Crippen LogP contribution >= 0.6 is 35.6 Å². The molecule has 1 aromatic rings. The van der Waals surface area contributed by atoms with E-state index in [9.17, 15) is 0 Å². The van der Waals surface area contributed by atoms with Crippen molar-refractivity contribution in [3.05, 3.63) is 33.8 Å². The van der Waals surface area contributed by atoms with E-state index in [0.29, 0.717) is 10.0 Å². The third kappa shape index (κ3) is 4.29. The molecule has 0 spiro atoms. The van der Waals surface area contributed by atoms with Gasteiger partial charge in [-0.05, 0) is 50.2 Å². The molecule has 1 fully saturated rings.